The van der Waals surface area contributed by atoms with E-state index in [0.717, 1.165) is 33.2 Å². The van der Waals surface area contributed by atoms with Crippen LogP contribution in [0.25, 0.3) is 0 Å². The van der Waals surface area contributed by atoms with Crippen LogP contribution in [0.5, 0.6) is 5.75 Å². The van der Waals surface area contributed by atoms with E-state index in [1.165, 1.54) is 11.1 Å². The topological polar surface area (TPSA) is 9.23 Å². The van der Waals surface area contributed by atoms with Gasteiger partial charge in [0.25, 0.3) is 0 Å². The molecule has 0 bridgehead atoms. The van der Waals surface area contributed by atoms with E-state index in [2.05, 4.69) is 28.1 Å². The number of ether oxygens (including phenoxy) is 1. The van der Waals surface area contributed by atoms with Gasteiger partial charge < -0.3 is 4.74 Å². The molecule has 2 aromatic rings. The summed E-state index contributed by atoms with van der Waals surface area (Å²) >= 11 is 11.4. The van der Waals surface area contributed by atoms with E-state index in [-0.39, 0.29) is 0 Å². The maximum Gasteiger partial charge on any atom is 0.122 e. The molecule has 0 aliphatic rings. The molecule has 0 radical (unpaired) electrons. The summed E-state index contributed by atoms with van der Waals surface area (Å²) in [5, 5.41) is 0.766. The minimum Gasteiger partial charge on any atom is -0.496 e. The van der Waals surface area contributed by atoms with Gasteiger partial charge in [-0.3, -0.25) is 0 Å². The molecule has 0 heterocycles. The zero-order chi connectivity index (χ0) is 14.4. The summed E-state index contributed by atoms with van der Waals surface area (Å²) in [7, 11) is 1.72. The lowest BCUT2D eigenvalue weighted by molar-refractivity contribution is 0.411. The van der Waals surface area contributed by atoms with Crippen LogP contribution in [0.3, 0.4) is 0 Å². The van der Waals surface area contributed by atoms with E-state index in [4.69, 9.17) is 16.3 Å². The molecule has 0 saturated carbocycles. The van der Waals surface area contributed by atoms with Gasteiger partial charge in [0.1, 0.15) is 5.75 Å². The molecule has 0 fully saturated rings. The second-order valence-electron chi connectivity index (χ2n) is 4.35. The third-order valence-electron chi connectivity index (χ3n) is 2.98. The first-order chi connectivity index (χ1) is 9.70. The van der Waals surface area contributed by atoms with Gasteiger partial charge in [0.05, 0.1) is 7.11 Å². The number of aryl methyl sites for hydroxylation is 1. The fourth-order valence-electron chi connectivity index (χ4n) is 1.91. The molecule has 2 rings (SSSR count). The molecule has 2 aromatic carbocycles. The summed E-state index contributed by atoms with van der Waals surface area (Å²) in [5.41, 5.74) is 2.54. The van der Waals surface area contributed by atoms with E-state index in [1.807, 2.05) is 42.1 Å². The minimum atomic E-state index is 0.766. The zero-order valence-corrected chi connectivity index (χ0v) is 14.4. The molecule has 0 aromatic heterocycles. The van der Waals surface area contributed by atoms with Gasteiger partial charge in [-0.2, -0.15) is 11.8 Å². The summed E-state index contributed by atoms with van der Waals surface area (Å²) in [6, 6.07) is 14.1. The van der Waals surface area contributed by atoms with Crippen LogP contribution >= 0.6 is 39.3 Å². The van der Waals surface area contributed by atoms with E-state index in [1.54, 1.807) is 7.11 Å². The summed E-state index contributed by atoms with van der Waals surface area (Å²) in [5.74, 6) is 3.00. The zero-order valence-electron chi connectivity index (χ0n) is 11.2. The van der Waals surface area contributed by atoms with Crippen molar-refractivity contribution in [3.63, 3.8) is 0 Å². The smallest absolute Gasteiger partial charge is 0.122 e. The third-order valence-corrected chi connectivity index (χ3v) is 4.96. The highest BCUT2D eigenvalue weighted by molar-refractivity contribution is 9.10. The number of methoxy groups -OCH3 is 1. The predicted molar refractivity (Wildman–Crippen MR) is 92.0 cm³/mol. The molecule has 4 heteroatoms. The summed E-state index contributed by atoms with van der Waals surface area (Å²) in [6.07, 6.45) is 1.03. The highest BCUT2D eigenvalue weighted by Gasteiger charge is 2.03. The maximum atomic E-state index is 5.94. The van der Waals surface area contributed by atoms with E-state index < -0.39 is 0 Å². The van der Waals surface area contributed by atoms with Crippen molar-refractivity contribution in [2.75, 3.05) is 12.9 Å². The van der Waals surface area contributed by atoms with E-state index in [0.29, 0.717) is 0 Å². The van der Waals surface area contributed by atoms with Gasteiger partial charge in [0.15, 0.2) is 0 Å². The van der Waals surface area contributed by atoms with E-state index in [9.17, 15) is 0 Å². The Hall–Kier alpha value is -0.640. The molecule has 1 nitrogen and oxygen atoms in total. The summed E-state index contributed by atoms with van der Waals surface area (Å²) < 4.78 is 6.44. The van der Waals surface area contributed by atoms with Crippen LogP contribution in [0.15, 0.2) is 46.9 Å². The molecule has 0 amide bonds. The van der Waals surface area contributed by atoms with Crippen LogP contribution in [0.4, 0.5) is 0 Å². The van der Waals surface area contributed by atoms with Crippen molar-refractivity contribution in [1.29, 1.82) is 0 Å². The molecule has 0 atom stereocenters. The Kier molecular flexibility index (Phi) is 6.27. The molecule has 0 aliphatic carbocycles. The lowest BCUT2D eigenvalue weighted by Crippen LogP contribution is -1.93. The second-order valence-corrected chi connectivity index (χ2v) is 6.75. The minimum absolute atomic E-state index is 0.766. The van der Waals surface area contributed by atoms with Crippen molar-refractivity contribution in [3.05, 3.63) is 63.1 Å². The lowest BCUT2D eigenvalue weighted by atomic mass is 10.2. The van der Waals surface area contributed by atoms with Crippen molar-refractivity contribution in [3.8, 4) is 5.75 Å². The first kappa shape index (κ1) is 15.7. The van der Waals surface area contributed by atoms with Crippen molar-refractivity contribution < 1.29 is 4.74 Å². The van der Waals surface area contributed by atoms with Gasteiger partial charge in [-0.25, -0.2) is 0 Å². The molecule has 0 saturated heterocycles. The van der Waals surface area contributed by atoms with Gasteiger partial charge in [-0.05, 0) is 35.9 Å². The number of rotatable bonds is 6. The van der Waals surface area contributed by atoms with Crippen LogP contribution in [-0.4, -0.2) is 12.9 Å². The summed E-state index contributed by atoms with van der Waals surface area (Å²) in [4.78, 5) is 0. The number of hydrogen-bond acceptors (Lipinski definition) is 2. The Bertz CT molecular complexity index is 574. The van der Waals surface area contributed by atoms with Crippen molar-refractivity contribution in [2.24, 2.45) is 0 Å². The van der Waals surface area contributed by atoms with Crippen molar-refractivity contribution >= 4 is 39.3 Å². The third kappa shape index (κ3) is 4.44. The average molecular weight is 372 g/mol. The van der Waals surface area contributed by atoms with Crippen LogP contribution in [0.1, 0.15) is 11.1 Å². The van der Waals surface area contributed by atoms with Crippen LogP contribution in [0, 0.1) is 0 Å². The Morgan fingerprint density at radius 3 is 2.70 bits per heavy atom. The molecule has 0 unspecified atom stereocenters. The number of thioether (sulfide) groups is 1. The first-order valence-electron chi connectivity index (χ1n) is 6.34. The number of para-hydroxylation sites is 1. The monoisotopic (exact) mass is 370 g/mol. The highest BCUT2D eigenvalue weighted by Crippen LogP contribution is 2.25. The SMILES string of the molecule is COc1ccccc1CSCCc1ccc(Cl)cc1Br. The van der Waals surface area contributed by atoms with Crippen LogP contribution in [0.2, 0.25) is 5.02 Å². The normalized spacial score (nSPS) is 10.6. The van der Waals surface area contributed by atoms with Gasteiger partial charge in [-0.1, -0.05) is 51.8 Å². The Morgan fingerprint density at radius 1 is 1.15 bits per heavy atom. The largest absolute Gasteiger partial charge is 0.496 e. The molecule has 0 aliphatic heterocycles. The fraction of sp³-hybridized carbons (Fsp3) is 0.250. The molecule has 0 N–H and O–H groups in total. The molecule has 0 spiro atoms. The first-order valence-corrected chi connectivity index (χ1v) is 8.67. The van der Waals surface area contributed by atoms with Gasteiger partial charge in [0, 0.05) is 20.8 Å². The van der Waals surface area contributed by atoms with Crippen molar-refractivity contribution in [1.82, 2.24) is 0 Å². The highest BCUT2D eigenvalue weighted by atomic mass is 79.9. The van der Waals surface area contributed by atoms with Crippen LogP contribution in [-0.2, 0) is 12.2 Å². The number of halogens is 2. The Balaban J connectivity index is 1.84. The van der Waals surface area contributed by atoms with Crippen LogP contribution < -0.4 is 4.74 Å². The average Bonchev–Trinajstić information content (AvgIpc) is 2.46. The molecule has 106 valence electrons. The molecular formula is C16H16BrClOS. The van der Waals surface area contributed by atoms with Gasteiger partial charge >= 0.3 is 0 Å². The van der Waals surface area contributed by atoms with Gasteiger partial charge in [-0.15, -0.1) is 0 Å². The summed E-state index contributed by atoms with van der Waals surface area (Å²) in [6.45, 7) is 0. The Labute approximate surface area is 137 Å². The Morgan fingerprint density at radius 2 is 1.95 bits per heavy atom. The fourth-order valence-corrected chi connectivity index (χ4v) is 3.76. The standard InChI is InChI=1S/C16H16BrClOS/c1-19-16-5-3-2-4-13(16)11-20-9-8-12-6-7-14(18)10-15(12)17/h2-7,10H,8-9,11H2,1H3. The number of benzene rings is 2. The van der Waals surface area contributed by atoms with Crippen molar-refractivity contribution in [2.45, 2.75) is 12.2 Å². The second kappa shape index (κ2) is 7.96. The quantitative estimate of drug-likeness (QED) is 0.612. The maximum absolute atomic E-state index is 5.94. The predicted octanol–water partition coefficient (Wildman–Crippen LogP) is 5.59. The molecule has 20 heavy (non-hydrogen) atoms. The number of hydrogen-bond donors (Lipinski definition) is 0. The van der Waals surface area contributed by atoms with E-state index >= 15 is 0 Å². The lowest BCUT2D eigenvalue weighted by Gasteiger charge is -2.08. The van der Waals surface area contributed by atoms with Gasteiger partial charge in [0.2, 0.25) is 0 Å². The molecular weight excluding hydrogens is 356 g/mol.